The number of hydrogen-bond acceptors (Lipinski definition) is 2. The lowest BCUT2D eigenvalue weighted by atomic mass is 10.1. The Morgan fingerprint density at radius 1 is 1.30 bits per heavy atom. The molecule has 1 aromatic carbocycles. The van der Waals surface area contributed by atoms with Gasteiger partial charge in [0.15, 0.2) is 0 Å². The van der Waals surface area contributed by atoms with Crippen molar-refractivity contribution < 1.29 is 9.59 Å². The molecular weight excluding hydrogens is 276 g/mol. The van der Waals surface area contributed by atoms with E-state index in [1.807, 2.05) is 25.1 Å². The zero-order valence-electron chi connectivity index (χ0n) is 12.1. The van der Waals surface area contributed by atoms with Gasteiger partial charge in [0, 0.05) is 24.5 Å². The van der Waals surface area contributed by atoms with Crippen molar-refractivity contribution in [1.29, 1.82) is 0 Å². The van der Waals surface area contributed by atoms with Gasteiger partial charge in [-0.15, -0.1) is 0 Å². The third-order valence-electron chi connectivity index (χ3n) is 3.12. The van der Waals surface area contributed by atoms with Gasteiger partial charge >= 0.3 is 0 Å². The maximum atomic E-state index is 12.1. The van der Waals surface area contributed by atoms with Gasteiger partial charge in [0.05, 0.1) is 0 Å². The molecule has 1 atom stereocenters. The Kier molecular flexibility index (Phi) is 6.52. The smallest absolute Gasteiger partial charge is 0.242 e. The van der Waals surface area contributed by atoms with Crippen LogP contribution in [0, 0.1) is 0 Å². The average Bonchev–Trinajstić information content (AvgIpc) is 2.45. The molecule has 20 heavy (non-hydrogen) atoms. The van der Waals surface area contributed by atoms with E-state index in [1.54, 1.807) is 24.8 Å². The first kappa shape index (κ1) is 16.5. The number of amides is 2. The maximum Gasteiger partial charge on any atom is 0.242 e. The first-order valence-corrected chi connectivity index (χ1v) is 7.19. The Morgan fingerprint density at radius 2 is 1.95 bits per heavy atom. The van der Waals surface area contributed by atoms with Crippen LogP contribution < -0.4 is 5.32 Å². The van der Waals surface area contributed by atoms with Gasteiger partial charge in [0.25, 0.3) is 0 Å². The molecule has 0 heterocycles. The molecule has 2 amide bonds. The average molecular weight is 297 g/mol. The number of nitrogens with zero attached hydrogens (tertiary/aromatic N) is 1. The fourth-order valence-electron chi connectivity index (χ4n) is 1.92. The van der Waals surface area contributed by atoms with Crippen molar-refractivity contribution in [3.63, 3.8) is 0 Å². The summed E-state index contributed by atoms with van der Waals surface area (Å²) in [6.07, 6.45) is 0.355. The van der Waals surface area contributed by atoms with Crippen molar-refractivity contribution in [2.45, 2.75) is 39.8 Å². The number of nitrogens with one attached hydrogen (secondary N) is 1. The fourth-order valence-corrected chi connectivity index (χ4v) is 2.11. The van der Waals surface area contributed by atoms with E-state index in [4.69, 9.17) is 11.6 Å². The zero-order valence-corrected chi connectivity index (χ0v) is 12.9. The van der Waals surface area contributed by atoms with Gasteiger partial charge in [-0.2, -0.15) is 0 Å². The summed E-state index contributed by atoms with van der Waals surface area (Å²) in [5, 5.41) is 3.34. The van der Waals surface area contributed by atoms with Crippen molar-refractivity contribution in [2.75, 3.05) is 6.54 Å². The molecule has 0 saturated heterocycles. The highest BCUT2D eigenvalue weighted by Crippen LogP contribution is 2.19. The molecule has 0 aliphatic rings. The van der Waals surface area contributed by atoms with Gasteiger partial charge < -0.3 is 10.2 Å². The summed E-state index contributed by atoms with van der Waals surface area (Å²) in [5.74, 6) is -0.218. The summed E-state index contributed by atoms with van der Waals surface area (Å²) in [6.45, 7) is 6.25. The number of carbonyl (C=O) groups is 2. The number of hydrogen-bond donors (Lipinski definition) is 1. The molecule has 0 aliphatic heterocycles. The van der Waals surface area contributed by atoms with Crippen LogP contribution in [0.4, 0.5) is 0 Å². The Balaban J connectivity index is 2.93. The highest BCUT2D eigenvalue weighted by molar-refractivity contribution is 6.31. The Morgan fingerprint density at radius 3 is 2.50 bits per heavy atom. The summed E-state index contributed by atoms with van der Waals surface area (Å²) in [5.41, 5.74) is 0.840. The van der Waals surface area contributed by atoms with Gasteiger partial charge in [-0.25, -0.2) is 0 Å². The molecule has 0 aromatic heterocycles. The topological polar surface area (TPSA) is 49.4 Å². The highest BCUT2D eigenvalue weighted by atomic mass is 35.5. The van der Waals surface area contributed by atoms with E-state index < -0.39 is 6.04 Å². The number of benzene rings is 1. The van der Waals surface area contributed by atoms with Crippen LogP contribution in [0.15, 0.2) is 24.3 Å². The molecule has 1 rings (SSSR count). The fraction of sp³-hybridized carbons (Fsp3) is 0.467. The van der Waals surface area contributed by atoms with E-state index >= 15 is 0 Å². The minimum Gasteiger partial charge on any atom is -0.355 e. The number of carbonyl (C=O) groups excluding carboxylic acids is 2. The van der Waals surface area contributed by atoms with Crippen LogP contribution in [0.5, 0.6) is 0 Å². The normalized spacial score (nSPS) is 11.8. The maximum absolute atomic E-state index is 12.1. The molecule has 1 N–H and O–H groups in total. The Labute approximate surface area is 125 Å². The molecule has 0 radical (unpaired) electrons. The predicted molar refractivity (Wildman–Crippen MR) is 80.4 cm³/mol. The third kappa shape index (κ3) is 4.23. The molecule has 0 fully saturated rings. The second-order valence-electron chi connectivity index (χ2n) is 4.54. The molecule has 0 unspecified atom stereocenters. The summed E-state index contributed by atoms with van der Waals surface area (Å²) in [6, 6.07) is 6.83. The van der Waals surface area contributed by atoms with E-state index in [0.29, 0.717) is 24.5 Å². The lowest BCUT2D eigenvalue weighted by Crippen LogP contribution is -2.47. The molecule has 0 spiro atoms. The Hall–Kier alpha value is -1.55. The summed E-state index contributed by atoms with van der Waals surface area (Å²) in [7, 11) is 0. The second kappa shape index (κ2) is 7.90. The van der Waals surface area contributed by atoms with Crippen LogP contribution in [0.25, 0.3) is 0 Å². The van der Waals surface area contributed by atoms with Crippen molar-refractivity contribution in [3.05, 3.63) is 34.9 Å². The van der Waals surface area contributed by atoms with E-state index in [-0.39, 0.29) is 11.8 Å². The van der Waals surface area contributed by atoms with E-state index in [2.05, 4.69) is 5.32 Å². The number of halogens is 1. The monoisotopic (exact) mass is 296 g/mol. The van der Waals surface area contributed by atoms with Crippen molar-refractivity contribution in [2.24, 2.45) is 0 Å². The van der Waals surface area contributed by atoms with E-state index in [0.717, 1.165) is 5.56 Å². The van der Waals surface area contributed by atoms with Crippen LogP contribution in [-0.2, 0) is 16.1 Å². The minimum atomic E-state index is -0.515. The molecule has 5 heteroatoms. The van der Waals surface area contributed by atoms with E-state index in [9.17, 15) is 9.59 Å². The van der Waals surface area contributed by atoms with Gasteiger partial charge in [0.2, 0.25) is 11.8 Å². The molecule has 0 saturated carbocycles. The largest absolute Gasteiger partial charge is 0.355 e. The molecule has 4 nitrogen and oxygen atoms in total. The molecule has 110 valence electrons. The van der Waals surface area contributed by atoms with Crippen LogP contribution in [-0.4, -0.2) is 29.3 Å². The quantitative estimate of drug-likeness (QED) is 0.877. The van der Waals surface area contributed by atoms with Gasteiger partial charge in [-0.1, -0.05) is 36.7 Å². The standard InChI is InChI=1S/C15H21ClN2O2/c1-4-14(19)18(11(3)15(20)17-5-2)10-12-8-6-7-9-13(12)16/h6-9,11H,4-5,10H2,1-3H3,(H,17,20)/t11-/m0/s1. The van der Waals surface area contributed by atoms with Crippen LogP contribution in [0.3, 0.4) is 0 Å². The van der Waals surface area contributed by atoms with Gasteiger partial charge in [-0.3, -0.25) is 9.59 Å². The molecule has 0 aliphatic carbocycles. The molecule has 1 aromatic rings. The minimum absolute atomic E-state index is 0.0660. The molecule has 0 bridgehead atoms. The number of likely N-dealkylation sites (N-methyl/N-ethyl adjacent to an activating group) is 1. The van der Waals surface area contributed by atoms with Gasteiger partial charge in [-0.05, 0) is 25.5 Å². The zero-order chi connectivity index (χ0) is 15.1. The Bertz CT molecular complexity index is 477. The van der Waals surface area contributed by atoms with Gasteiger partial charge in [0.1, 0.15) is 6.04 Å². The van der Waals surface area contributed by atoms with Crippen LogP contribution in [0.2, 0.25) is 5.02 Å². The summed E-state index contributed by atoms with van der Waals surface area (Å²) < 4.78 is 0. The third-order valence-corrected chi connectivity index (χ3v) is 3.49. The van der Waals surface area contributed by atoms with Crippen molar-refractivity contribution in [3.8, 4) is 0 Å². The van der Waals surface area contributed by atoms with Crippen LogP contribution in [0.1, 0.15) is 32.8 Å². The number of rotatable bonds is 6. The summed E-state index contributed by atoms with van der Waals surface area (Å²) in [4.78, 5) is 25.6. The SMILES string of the molecule is CCNC(=O)[C@H](C)N(Cc1ccccc1Cl)C(=O)CC. The van der Waals surface area contributed by atoms with Crippen LogP contribution >= 0.6 is 11.6 Å². The summed E-state index contributed by atoms with van der Waals surface area (Å²) >= 11 is 6.12. The van der Waals surface area contributed by atoms with E-state index in [1.165, 1.54) is 0 Å². The second-order valence-corrected chi connectivity index (χ2v) is 4.94. The van der Waals surface area contributed by atoms with Crippen molar-refractivity contribution in [1.82, 2.24) is 10.2 Å². The lowest BCUT2D eigenvalue weighted by Gasteiger charge is -2.28. The first-order valence-electron chi connectivity index (χ1n) is 6.81. The first-order chi connectivity index (χ1) is 9.51. The highest BCUT2D eigenvalue weighted by Gasteiger charge is 2.25. The van der Waals surface area contributed by atoms with Crippen molar-refractivity contribution >= 4 is 23.4 Å². The molecular formula is C15H21ClN2O2. The predicted octanol–water partition coefficient (Wildman–Crippen LogP) is 2.60. The lowest BCUT2D eigenvalue weighted by molar-refractivity contribution is -0.140.